The van der Waals surface area contributed by atoms with Crippen molar-refractivity contribution in [2.75, 3.05) is 13.1 Å². The molecule has 3 atom stereocenters. The molecule has 19 heteroatoms. The number of piperidine rings is 1. The van der Waals surface area contributed by atoms with Gasteiger partial charge in [-0.1, -0.05) is 25.9 Å². The van der Waals surface area contributed by atoms with Crippen molar-refractivity contribution >= 4 is 42.9 Å². The van der Waals surface area contributed by atoms with Gasteiger partial charge in [-0.2, -0.15) is 13.5 Å². The summed E-state index contributed by atoms with van der Waals surface area (Å²) in [7, 11) is -7.42. The van der Waals surface area contributed by atoms with Crippen LogP contribution in [0.15, 0.2) is 15.6 Å². The highest BCUT2D eigenvalue weighted by Crippen LogP contribution is 2.62. The lowest BCUT2D eigenvalue weighted by molar-refractivity contribution is -0.0527. The molecule has 2 bridgehead atoms. The number of ether oxygens (including phenoxy) is 2. The standard InChI is InChI=1S/C30H50N6O11SSi/c1-27(2,3)43-24(37)32-23(33-25(38)44-28(4,5)6)31-16-21(46-49(10,11)29(7,8)9)20-14-18(34-45-20)19-15-30(12-13-30)22-17-35(19)26(39)36(22)47-48(40,41)42/h14,19,21-22H,12-13,15-17H2,1-11H3,(H,40,41,42)(H2,31,32,33,37,38)/t19-,21?,22-/m0/s1. The van der Waals surface area contributed by atoms with Gasteiger partial charge in [0.15, 0.2) is 14.1 Å². The van der Waals surface area contributed by atoms with Crippen LogP contribution in [0.3, 0.4) is 0 Å². The number of fused-ring (bicyclic) bond motifs is 3. The molecule has 1 spiro atoms. The van der Waals surface area contributed by atoms with Gasteiger partial charge in [-0.3, -0.25) is 15.2 Å². The van der Waals surface area contributed by atoms with Crippen molar-refractivity contribution in [1.29, 1.82) is 0 Å². The topological polar surface area (TPSA) is 211 Å². The predicted octanol–water partition coefficient (Wildman–Crippen LogP) is 5.21. The number of carbonyl (C=O) groups is 3. The summed E-state index contributed by atoms with van der Waals surface area (Å²) in [6, 6.07) is -0.127. The molecule has 3 aliphatic rings. The van der Waals surface area contributed by atoms with E-state index in [1.54, 1.807) is 47.6 Å². The van der Waals surface area contributed by atoms with E-state index in [2.05, 4.69) is 41.6 Å². The Balaban J connectivity index is 1.65. The molecule has 1 aliphatic carbocycles. The monoisotopic (exact) mass is 730 g/mol. The Kier molecular flexibility index (Phi) is 10.3. The van der Waals surface area contributed by atoms with E-state index in [0.29, 0.717) is 17.9 Å². The van der Waals surface area contributed by atoms with Gasteiger partial charge in [-0.15, -0.1) is 4.28 Å². The molecule has 276 valence electrons. The molecular weight excluding hydrogens is 681 g/mol. The molecule has 0 aromatic carbocycles. The number of aromatic nitrogens is 1. The van der Waals surface area contributed by atoms with Gasteiger partial charge in [0.25, 0.3) is 0 Å². The van der Waals surface area contributed by atoms with Crippen LogP contribution in [0.25, 0.3) is 0 Å². The largest absolute Gasteiger partial charge is 0.444 e. The molecule has 2 saturated heterocycles. The second-order valence-electron chi connectivity index (χ2n) is 16.3. The van der Waals surface area contributed by atoms with Crippen molar-refractivity contribution in [2.45, 2.75) is 129 Å². The van der Waals surface area contributed by atoms with Gasteiger partial charge in [-0.25, -0.2) is 19.4 Å². The van der Waals surface area contributed by atoms with Crippen LogP contribution in [0.2, 0.25) is 18.1 Å². The maximum atomic E-state index is 13.3. The SMILES string of the molecule is CC(C)(C)OC(=O)NC(=NCC(O[Si](C)(C)C(C)(C)C)c1cc([C@@H]2CC3(CC3)[C@@H]3CN2C(=O)N3OS(=O)(=O)O)no1)NC(=O)OC(C)(C)C. The molecule has 1 saturated carbocycles. The Hall–Kier alpha value is -3.26. The van der Waals surface area contributed by atoms with E-state index >= 15 is 0 Å². The molecule has 17 nitrogen and oxygen atoms in total. The van der Waals surface area contributed by atoms with Crippen LogP contribution in [0, 0.1) is 5.41 Å². The first-order valence-corrected chi connectivity index (χ1v) is 20.4. The molecule has 0 radical (unpaired) electrons. The number of hydrogen-bond acceptors (Lipinski definition) is 12. The van der Waals surface area contributed by atoms with E-state index in [0.717, 1.165) is 17.9 Å². The number of nitrogens with zero attached hydrogens (tertiary/aromatic N) is 4. The summed E-state index contributed by atoms with van der Waals surface area (Å²) in [4.78, 5) is 44.6. The molecule has 49 heavy (non-hydrogen) atoms. The van der Waals surface area contributed by atoms with Crippen molar-refractivity contribution in [1.82, 2.24) is 25.8 Å². The molecule has 1 aromatic rings. The van der Waals surface area contributed by atoms with Crippen LogP contribution in [-0.4, -0.2) is 90.9 Å². The minimum atomic E-state index is -4.92. The third-order valence-corrected chi connectivity index (χ3v) is 13.8. The number of carbonyl (C=O) groups excluding carboxylic acids is 3. The summed E-state index contributed by atoms with van der Waals surface area (Å²) in [5.74, 6) is 0.0600. The van der Waals surface area contributed by atoms with Gasteiger partial charge >= 0.3 is 28.6 Å². The Morgan fingerprint density at radius 3 is 2.10 bits per heavy atom. The van der Waals surface area contributed by atoms with Crippen LogP contribution < -0.4 is 10.6 Å². The van der Waals surface area contributed by atoms with E-state index in [-0.39, 0.29) is 24.1 Å². The summed E-state index contributed by atoms with van der Waals surface area (Å²) < 4.78 is 60.4. The third kappa shape index (κ3) is 9.71. The number of rotatable bonds is 8. The molecule has 1 unspecified atom stereocenters. The van der Waals surface area contributed by atoms with Gasteiger partial charge in [0, 0.05) is 12.6 Å². The second kappa shape index (κ2) is 13.1. The molecular formula is C30H50N6O11SSi. The average molecular weight is 731 g/mol. The number of nitrogens with one attached hydrogen (secondary N) is 2. The smallest absolute Gasteiger partial charge is 0.418 e. The highest BCUT2D eigenvalue weighted by atomic mass is 32.3. The van der Waals surface area contributed by atoms with Crippen molar-refractivity contribution in [3.63, 3.8) is 0 Å². The van der Waals surface area contributed by atoms with Crippen LogP contribution in [0.4, 0.5) is 14.4 Å². The molecule has 3 N–H and O–H groups in total. The first kappa shape index (κ1) is 38.5. The summed E-state index contributed by atoms with van der Waals surface area (Å²) >= 11 is 0. The van der Waals surface area contributed by atoms with Gasteiger partial charge < -0.3 is 23.3 Å². The Bertz CT molecular complexity index is 1540. The number of hydroxylamine groups is 2. The zero-order valence-corrected chi connectivity index (χ0v) is 31.9. The maximum Gasteiger partial charge on any atom is 0.418 e. The Morgan fingerprint density at radius 2 is 1.63 bits per heavy atom. The fourth-order valence-electron chi connectivity index (χ4n) is 5.50. The fraction of sp³-hybridized carbons (Fsp3) is 0.767. The zero-order chi connectivity index (χ0) is 37.0. The van der Waals surface area contributed by atoms with E-state index in [4.69, 9.17) is 22.7 Å². The molecule has 1 aromatic heterocycles. The Labute approximate surface area is 288 Å². The van der Waals surface area contributed by atoms with Crippen LogP contribution >= 0.6 is 0 Å². The quantitative estimate of drug-likeness (QED) is 0.136. The number of guanidine groups is 1. The predicted molar refractivity (Wildman–Crippen MR) is 178 cm³/mol. The fourth-order valence-corrected chi connectivity index (χ4v) is 7.12. The second-order valence-corrected chi connectivity index (χ2v) is 22.1. The van der Waals surface area contributed by atoms with Gasteiger partial charge in [0.05, 0.1) is 18.6 Å². The number of alkyl carbamates (subject to hydrolysis) is 2. The lowest BCUT2D eigenvalue weighted by Gasteiger charge is -2.38. The van der Waals surface area contributed by atoms with Crippen molar-refractivity contribution < 1.29 is 50.1 Å². The van der Waals surface area contributed by atoms with Crippen LogP contribution in [-0.2, 0) is 28.6 Å². The summed E-state index contributed by atoms with van der Waals surface area (Å²) in [5, 5.41) is 9.78. The number of hydrogen-bond donors (Lipinski definition) is 3. The molecule has 3 fully saturated rings. The number of urea groups is 1. The Morgan fingerprint density at radius 1 is 1.08 bits per heavy atom. The van der Waals surface area contributed by atoms with Gasteiger partial charge in [0.2, 0.25) is 5.96 Å². The van der Waals surface area contributed by atoms with E-state index in [1.165, 1.54) is 4.90 Å². The summed E-state index contributed by atoms with van der Waals surface area (Å²) in [6.45, 7) is 20.5. The lowest BCUT2D eigenvalue weighted by Crippen LogP contribution is -2.47. The van der Waals surface area contributed by atoms with Crippen LogP contribution in [0.5, 0.6) is 0 Å². The summed E-state index contributed by atoms with van der Waals surface area (Å²) in [6.07, 6.45) is -0.560. The normalized spacial score (nSPS) is 21.3. The molecule has 2 aliphatic heterocycles. The van der Waals surface area contributed by atoms with E-state index in [9.17, 15) is 27.4 Å². The molecule has 4 amide bonds. The van der Waals surface area contributed by atoms with E-state index < -0.39 is 71.7 Å². The summed E-state index contributed by atoms with van der Waals surface area (Å²) in [5.41, 5.74) is -1.62. The minimum absolute atomic E-state index is 0.128. The van der Waals surface area contributed by atoms with Crippen molar-refractivity contribution in [2.24, 2.45) is 10.4 Å². The van der Waals surface area contributed by atoms with Gasteiger partial charge in [-0.05, 0) is 84.4 Å². The number of amides is 4. The van der Waals surface area contributed by atoms with E-state index in [1.807, 2.05) is 13.1 Å². The van der Waals surface area contributed by atoms with Crippen LogP contribution in [0.1, 0.15) is 105 Å². The highest BCUT2D eigenvalue weighted by molar-refractivity contribution is 7.80. The average Bonchev–Trinajstić information content (AvgIpc) is 3.37. The first-order valence-electron chi connectivity index (χ1n) is 16.1. The molecule has 4 rings (SSSR count). The third-order valence-electron chi connectivity index (χ3n) is 8.94. The zero-order valence-electron chi connectivity index (χ0n) is 30.1. The highest BCUT2D eigenvalue weighted by Gasteiger charge is 2.64. The first-order chi connectivity index (χ1) is 22.2. The minimum Gasteiger partial charge on any atom is -0.444 e. The number of aliphatic imine (C=N–C) groups is 1. The van der Waals surface area contributed by atoms with Gasteiger partial charge in [0.1, 0.15) is 23.0 Å². The lowest BCUT2D eigenvalue weighted by atomic mass is 9.84. The molecule has 3 heterocycles. The maximum absolute atomic E-state index is 13.3. The van der Waals surface area contributed by atoms with Crippen molar-refractivity contribution in [3.05, 3.63) is 17.5 Å². The van der Waals surface area contributed by atoms with Crippen molar-refractivity contribution in [3.8, 4) is 0 Å².